The Morgan fingerprint density at radius 2 is 2.22 bits per heavy atom. The Hall–Kier alpha value is -0.730. The minimum Gasteiger partial charge on any atom is -0.489 e. The average molecular weight is 268 g/mol. The SMILES string of the molecule is CC1CCCC(Oc2ccc(CCN)cc2Cl)C1. The van der Waals surface area contributed by atoms with E-state index in [-0.39, 0.29) is 0 Å². The van der Waals surface area contributed by atoms with Crippen molar-refractivity contribution in [2.75, 3.05) is 6.54 Å². The summed E-state index contributed by atoms with van der Waals surface area (Å²) in [5.74, 6) is 1.58. The topological polar surface area (TPSA) is 35.2 Å². The van der Waals surface area contributed by atoms with Crippen LogP contribution >= 0.6 is 11.6 Å². The van der Waals surface area contributed by atoms with E-state index in [0.29, 0.717) is 17.7 Å². The molecule has 1 fully saturated rings. The number of nitrogens with two attached hydrogens (primary N) is 1. The lowest BCUT2D eigenvalue weighted by Gasteiger charge is -2.27. The third-order valence-corrected chi connectivity index (χ3v) is 3.91. The molecule has 0 heterocycles. The fourth-order valence-electron chi connectivity index (χ4n) is 2.63. The fourth-order valence-corrected chi connectivity index (χ4v) is 2.87. The van der Waals surface area contributed by atoms with Crippen LogP contribution in [0.2, 0.25) is 5.02 Å². The highest BCUT2D eigenvalue weighted by atomic mass is 35.5. The Morgan fingerprint density at radius 3 is 2.89 bits per heavy atom. The van der Waals surface area contributed by atoms with Crippen molar-refractivity contribution < 1.29 is 4.74 Å². The zero-order valence-electron chi connectivity index (χ0n) is 11.0. The van der Waals surface area contributed by atoms with Crippen LogP contribution in [0.15, 0.2) is 18.2 Å². The smallest absolute Gasteiger partial charge is 0.138 e. The molecular formula is C15H22ClNO. The number of hydrogen-bond acceptors (Lipinski definition) is 2. The molecule has 2 rings (SSSR count). The first-order chi connectivity index (χ1) is 8.69. The summed E-state index contributed by atoms with van der Waals surface area (Å²) in [5, 5.41) is 0.708. The van der Waals surface area contributed by atoms with Gasteiger partial charge in [-0.1, -0.05) is 31.0 Å². The Labute approximate surface area is 114 Å². The molecule has 0 spiro atoms. The maximum Gasteiger partial charge on any atom is 0.138 e. The van der Waals surface area contributed by atoms with Gasteiger partial charge in [-0.2, -0.15) is 0 Å². The van der Waals surface area contributed by atoms with Crippen molar-refractivity contribution in [2.45, 2.75) is 45.1 Å². The number of rotatable bonds is 4. The van der Waals surface area contributed by atoms with Gasteiger partial charge in [0.05, 0.1) is 11.1 Å². The summed E-state index contributed by atoms with van der Waals surface area (Å²) in [6, 6.07) is 6.00. The standard InChI is InChI=1S/C15H22ClNO/c1-11-3-2-4-13(9-11)18-15-6-5-12(7-8-17)10-14(15)16/h5-6,10-11,13H,2-4,7-9,17H2,1H3. The third kappa shape index (κ3) is 3.63. The molecule has 0 amide bonds. The molecule has 3 heteroatoms. The molecule has 1 saturated carbocycles. The van der Waals surface area contributed by atoms with Crippen LogP contribution in [0.3, 0.4) is 0 Å². The Bertz CT molecular complexity index is 394. The Kier molecular flexibility index (Phi) is 4.90. The van der Waals surface area contributed by atoms with Crippen molar-refractivity contribution in [3.05, 3.63) is 28.8 Å². The molecule has 0 aliphatic heterocycles. The van der Waals surface area contributed by atoms with E-state index in [1.807, 2.05) is 12.1 Å². The second kappa shape index (κ2) is 6.44. The molecule has 18 heavy (non-hydrogen) atoms. The van der Waals surface area contributed by atoms with Gasteiger partial charge < -0.3 is 10.5 Å². The predicted molar refractivity (Wildman–Crippen MR) is 76.3 cm³/mol. The Morgan fingerprint density at radius 1 is 1.39 bits per heavy atom. The van der Waals surface area contributed by atoms with Crippen molar-refractivity contribution in [3.8, 4) is 5.75 Å². The normalized spacial score (nSPS) is 23.9. The van der Waals surface area contributed by atoms with Crippen LogP contribution in [0.4, 0.5) is 0 Å². The van der Waals surface area contributed by atoms with Gasteiger partial charge in [-0.05, 0) is 55.8 Å². The summed E-state index contributed by atoms with van der Waals surface area (Å²) in [4.78, 5) is 0. The van der Waals surface area contributed by atoms with Crippen LogP contribution in [0, 0.1) is 5.92 Å². The largest absolute Gasteiger partial charge is 0.489 e. The molecule has 0 aromatic heterocycles. The predicted octanol–water partition coefficient (Wildman–Crippen LogP) is 3.80. The van der Waals surface area contributed by atoms with Crippen LogP contribution in [0.5, 0.6) is 5.75 Å². The number of ether oxygens (including phenoxy) is 1. The Balaban J connectivity index is 2.00. The van der Waals surface area contributed by atoms with Gasteiger partial charge in [0.25, 0.3) is 0 Å². The van der Waals surface area contributed by atoms with E-state index in [9.17, 15) is 0 Å². The summed E-state index contributed by atoms with van der Waals surface area (Å²) in [6.07, 6.45) is 6.05. The zero-order chi connectivity index (χ0) is 13.0. The molecule has 2 atom stereocenters. The van der Waals surface area contributed by atoms with Crippen molar-refractivity contribution in [2.24, 2.45) is 11.7 Å². The summed E-state index contributed by atoms with van der Waals surface area (Å²) in [6.45, 7) is 2.94. The van der Waals surface area contributed by atoms with E-state index >= 15 is 0 Å². The maximum absolute atomic E-state index is 6.25. The van der Waals surface area contributed by atoms with E-state index in [4.69, 9.17) is 22.1 Å². The summed E-state index contributed by atoms with van der Waals surface area (Å²) in [5.41, 5.74) is 6.71. The molecule has 2 unspecified atom stereocenters. The first kappa shape index (κ1) is 13.7. The first-order valence-electron chi connectivity index (χ1n) is 6.84. The van der Waals surface area contributed by atoms with Gasteiger partial charge in [-0.15, -0.1) is 0 Å². The zero-order valence-corrected chi connectivity index (χ0v) is 11.7. The molecule has 1 aromatic rings. The minimum absolute atomic E-state index is 0.326. The molecule has 0 saturated heterocycles. The quantitative estimate of drug-likeness (QED) is 0.901. The molecule has 2 nitrogen and oxygen atoms in total. The lowest BCUT2D eigenvalue weighted by Crippen LogP contribution is -2.24. The highest BCUT2D eigenvalue weighted by Crippen LogP contribution is 2.31. The number of hydrogen-bond donors (Lipinski definition) is 1. The highest BCUT2D eigenvalue weighted by Gasteiger charge is 2.20. The van der Waals surface area contributed by atoms with Crippen LogP contribution in [0.25, 0.3) is 0 Å². The average Bonchev–Trinajstić information content (AvgIpc) is 2.33. The fraction of sp³-hybridized carbons (Fsp3) is 0.600. The summed E-state index contributed by atoms with van der Waals surface area (Å²) < 4.78 is 6.03. The van der Waals surface area contributed by atoms with Crippen molar-refractivity contribution in [1.29, 1.82) is 0 Å². The van der Waals surface area contributed by atoms with Gasteiger partial charge >= 0.3 is 0 Å². The van der Waals surface area contributed by atoms with Crippen molar-refractivity contribution in [3.63, 3.8) is 0 Å². The summed E-state index contributed by atoms with van der Waals surface area (Å²) in [7, 11) is 0. The van der Waals surface area contributed by atoms with Crippen molar-refractivity contribution >= 4 is 11.6 Å². The molecule has 2 N–H and O–H groups in total. The molecule has 100 valence electrons. The second-order valence-corrected chi connectivity index (χ2v) is 5.72. The van der Waals surface area contributed by atoms with Gasteiger partial charge in [-0.25, -0.2) is 0 Å². The van der Waals surface area contributed by atoms with Crippen LogP contribution < -0.4 is 10.5 Å². The van der Waals surface area contributed by atoms with Crippen LogP contribution in [-0.2, 0) is 6.42 Å². The van der Waals surface area contributed by atoms with E-state index in [1.54, 1.807) is 0 Å². The number of halogens is 1. The van der Waals surface area contributed by atoms with E-state index < -0.39 is 0 Å². The third-order valence-electron chi connectivity index (χ3n) is 3.61. The molecule has 1 aliphatic rings. The maximum atomic E-state index is 6.25. The molecule has 1 aromatic carbocycles. The van der Waals surface area contributed by atoms with Crippen LogP contribution in [-0.4, -0.2) is 12.6 Å². The lowest BCUT2D eigenvalue weighted by atomic mass is 9.89. The van der Waals surface area contributed by atoms with E-state index in [0.717, 1.165) is 30.9 Å². The summed E-state index contributed by atoms with van der Waals surface area (Å²) >= 11 is 6.25. The molecule has 0 radical (unpaired) electrons. The van der Waals surface area contributed by atoms with Gasteiger partial charge in [0.1, 0.15) is 5.75 Å². The molecular weight excluding hydrogens is 246 g/mol. The minimum atomic E-state index is 0.326. The van der Waals surface area contributed by atoms with Gasteiger partial charge in [0, 0.05) is 0 Å². The lowest BCUT2D eigenvalue weighted by molar-refractivity contribution is 0.129. The van der Waals surface area contributed by atoms with Gasteiger partial charge in [0.2, 0.25) is 0 Å². The number of benzene rings is 1. The van der Waals surface area contributed by atoms with Gasteiger partial charge in [-0.3, -0.25) is 0 Å². The van der Waals surface area contributed by atoms with E-state index in [2.05, 4.69) is 13.0 Å². The monoisotopic (exact) mass is 267 g/mol. The molecule has 1 aliphatic carbocycles. The first-order valence-corrected chi connectivity index (χ1v) is 7.22. The van der Waals surface area contributed by atoms with Crippen LogP contribution in [0.1, 0.15) is 38.2 Å². The second-order valence-electron chi connectivity index (χ2n) is 5.32. The van der Waals surface area contributed by atoms with Crippen molar-refractivity contribution in [1.82, 2.24) is 0 Å². The van der Waals surface area contributed by atoms with Gasteiger partial charge in [0.15, 0.2) is 0 Å². The van der Waals surface area contributed by atoms with E-state index in [1.165, 1.54) is 18.4 Å². The molecule has 0 bridgehead atoms. The highest BCUT2D eigenvalue weighted by molar-refractivity contribution is 6.32.